The summed E-state index contributed by atoms with van der Waals surface area (Å²) in [7, 11) is -3.86. The van der Waals surface area contributed by atoms with E-state index in [1.54, 1.807) is 18.2 Å². The fourth-order valence-electron chi connectivity index (χ4n) is 2.31. The number of hydrazone groups is 1. The summed E-state index contributed by atoms with van der Waals surface area (Å²) in [6, 6.07) is 21.0. The second kappa shape index (κ2) is 8.89. The molecule has 0 unspecified atom stereocenters. The van der Waals surface area contributed by atoms with Gasteiger partial charge in [-0.1, -0.05) is 47.7 Å². The zero-order chi connectivity index (χ0) is 20.9. The third kappa shape index (κ3) is 5.21. The molecular formula is C20H17N3O4S2. The Morgan fingerprint density at radius 1 is 0.966 bits per heavy atom. The Labute approximate surface area is 172 Å². The Bertz CT molecular complexity index is 1130. The highest BCUT2D eigenvalue weighted by Crippen LogP contribution is 2.27. The molecule has 0 saturated carbocycles. The highest BCUT2D eigenvalue weighted by molar-refractivity contribution is 8.35. The van der Waals surface area contributed by atoms with Gasteiger partial charge in [-0.3, -0.25) is 15.5 Å². The Kier molecular flexibility index (Phi) is 6.30. The van der Waals surface area contributed by atoms with Crippen molar-refractivity contribution in [2.75, 3.05) is 5.43 Å². The maximum absolute atomic E-state index is 13.1. The fourth-order valence-corrected chi connectivity index (χ4v) is 4.78. The van der Waals surface area contributed by atoms with Crippen molar-refractivity contribution in [3.63, 3.8) is 0 Å². The highest BCUT2D eigenvalue weighted by Gasteiger charge is 2.24. The van der Waals surface area contributed by atoms with Gasteiger partial charge in [0, 0.05) is 17.0 Å². The van der Waals surface area contributed by atoms with Gasteiger partial charge >= 0.3 is 0 Å². The molecule has 3 rings (SSSR count). The second-order valence-electron chi connectivity index (χ2n) is 6.03. The van der Waals surface area contributed by atoms with E-state index in [1.165, 1.54) is 36.4 Å². The summed E-state index contributed by atoms with van der Waals surface area (Å²) in [6.45, 7) is 1.94. The van der Waals surface area contributed by atoms with Crippen molar-refractivity contribution in [3.8, 4) is 0 Å². The molecule has 29 heavy (non-hydrogen) atoms. The molecule has 7 nitrogen and oxygen atoms in total. The van der Waals surface area contributed by atoms with E-state index in [0.29, 0.717) is 5.69 Å². The third-order valence-electron chi connectivity index (χ3n) is 3.86. The van der Waals surface area contributed by atoms with Crippen LogP contribution in [0.4, 0.5) is 11.4 Å². The minimum Gasteiger partial charge on any atom is -0.277 e. The lowest BCUT2D eigenvalue weighted by Gasteiger charge is -2.09. The molecule has 3 aromatic carbocycles. The van der Waals surface area contributed by atoms with Crippen LogP contribution in [-0.2, 0) is 9.84 Å². The van der Waals surface area contributed by atoms with Crippen LogP contribution in [0.15, 0.2) is 93.8 Å². The Morgan fingerprint density at radius 3 is 2.17 bits per heavy atom. The molecular weight excluding hydrogens is 410 g/mol. The van der Waals surface area contributed by atoms with Crippen molar-refractivity contribution in [2.45, 2.75) is 16.7 Å². The maximum atomic E-state index is 13.1. The molecule has 0 aliphatic carbocycles. The number of aryl methyl sites for hydroxylation is 1. The minimum absolute atomic E-state index is 0.0642. The first-order valence-electron chi connectivity index (χ1n) is 8.49. The summed E-state index contributed by atoms with van der Waals surface area (Å²) >= 11 is 1.02. The number of nitro groups is 1. The van der Waals surface area contributed by atoms with Crippen LogP contribution < -0.4 is 5.43 Å². The van der Waals surface area contributed by atoms with Crippen molar-refractivity contribution in [1.82, 2.24) is 0 Å². The van der Waals surface area contributed by atoms with E-state index >= 15 is 0 Å². The first-order chi connectivity index (χ1) is 13.9. The number of non-ortho nitro benzene ring substituents is 1. The first kappa shape index (κ1) is 20.6. The molecule has 0 spiro atoms. The topological polar surface area (TPSA) is 102 Å². The average molecular weight is 428 g/mol. The monoisotopic (exact) mass is 427 g/mol. The van der Waals surface area contributed by atoms with E-state index in [-0.39, 0.29) is 15.0 Å². The van der Waals surface area contributed by atoms with Crippen LogP contribution in [0.25, 0.3) is 0 Å². The molecule has 0 aliphatic rings. The predicted octanol–water partition coefficient (Wildman–Crippen LogP) is 4.85. The molecule has 148 valence electrons. The zero-order valence-electron chi connectivity index (χ0n) is 15.3. The number of sulfone groups is 1. The van der Waals surface area contributed by atoms with Crippen LogP contribution >= 0.6 is 11.8 Å². The molecule has 0 aliphatic heterocycles. The van der Waals surface area contributed by atoms with Gasteiger partial charge in [-0.15, -0.1) is 0 Å². The summed E-state index contributed by atoms with van der Waals surface area (Å²) in [4.78, 5) is 11.1. The summed E-state index contributed by atoms with van der Waals surface area (Å²) in [5.41, 5.74) is 4.11. The Morgan fingerprint density at radius 2 is 1.59 bits per heavy atom. The lowest BCUT2D eigenvalue weighted by atomic mass is 10.2. The van der Waals surface area contributed by atoms with E-state index < -0.39 is 14.8 Å². The minimum atomic E-state index is -3.86. The van der Waals surface area contributed by atoms with E-state index in [2.05, 4.69) is 10.5 Å². The maximum Gasteiger partial charge on any atom is 0.269 e. The van der Waals surface area contributed by atoms with E-state index in [4.69, 9.17) is 0 Å². The van der Waals surface area contributed by atoms with Crippen LogP contribution in [0.1, 0.15) is 5.56 Å². The van der Waals surface area contributed by atoms with Crippen molar-refractivity contribution in [2.24, 2.45) is 5.10 Å². The summed E-state index contributed by atoms with van der Waals surface area (Å²) < 4.78 is 26.0. The van der Waals surface area contributed by atoms with Crippen molar-refractivity contribution in [1.29, 1.82) is 0 Å². The second-order valence-corrected chi connectivity index (χ2v) is 9.21. The van der Waals surface area contributed by atoms with Gasteiger partial charge in [0.2, 0.25) is 14.2 Å². The highest BCUT2D eigenvalue weighted by atomic mass is 32.3. The number of nitrogens with one attached hydrogen (secondary N) is 1. The van der Waals surface area contributed by atoms with Gasteiger partial charge in [0.25, 0.3) is 5.69 Å². The number of hydrogen-bond donors (Lipinski definition) is 1. The number of hydrogen-bond acceptors (Lipinski definition) is 7. The molecule has 0 radical (unpaired) electrons. The molecule has 0 bridgehead atoms. The number of benzene rings is 3. The number of thioether (sulfide) groups is 1. The zero-order valence-corrected chi connectivity index (χ0v) is 17.0. The third-order valence-corrected chi connectivity index (χ3v) is 6.99. The number of nitro benzene ring substituents is 1. The fraction of sp³-hybridized carbons (Fsp3) is 0.0500. The molecule has 0 amide bonds. The van der Waals surface area contributed by atoms with Gasteiger partial charge in [0.05, 0.1) is 15.5 Å². The molecule has 0 atom stereocenters. The van der Waals surface area contributed by atoms with Gasteiger partial charge < -0.3 is 0 Å². The van der Waals surface area contributed by atoms with E-state index in [9.17, 15) is 18.5 Å². The standard InChI is InChI=1S/C20H17N3O4S2/c1-15-7-13-18(14-8-15)28-20(29(26,27)19-5-3-2-4-6-19)22-21-16-9-11-17(12-10-16)23(24)25/h2-14,21H,1H3/b22-20+. The lowest BCUT2D eigenvalue weighted by Crippen LogP contribution is -2.13. The Hall–Kier alpha value is -3.17. The van der Waals surface area contributed by atoms with E-state index in [0.717, 1.165) is 22.2 Å². The summed E-state index contributed by atoms with van der Waals surface area (Å²) in [6.07, 6.45) is 0. The van der Waals surface area contributed by atoms with Gasteiger partial charge in [0.15, 0.2) is 0 Å². The van der Waals surface area contributed by atoms with Gasteiger partial charge in [0.1, 0.15) is 0 Å². The lowest BCUT2D eigenvalue weighted by molar-refractivity contribution is -0.384. The molecule has 3 aromatic rings. The van der Waals surface area contributed by atoms with Crippen LogP contribution in [0, 0.1) is 17.0 Å². The molecule has 1 N–H and O–H groups in total. The first-order valence-corrected chi connectivity index (χ1v) is 10.8. The number of nitrogens with zero attached hydrogens (tertiary/aromatic N) is 2. The van der Waals surface area contributed by atoms with Crippen molar-refractivity contribution < 1.29 is 13.3 Å². The van der Waals surface area contributed by atoms with E-state index in [1.807, 2.05) is 31.2 Å². The summed E-state index contributed by atoms with van der Waals surface area (Å²) in [5.74, 6) is 0. The van der Waals surface area contributed by atoms with Crippen LogP contribution in [0.5, 0.6) is 0 Å². The largest absolute Gasteiger partial charge is 0.277 e. The SMILES string of the molecule is Cc1ccc(S/C(=N\Nc2ccc([N+](=O)[O-])cc2)S(=O)(=O)c2ccccc2)cc1. The molecule has 0 heterocycles. The smallest absolute Gasteiger partial charge is 0.269 e. The predicted molar refractivity (Wildman–Crippen MR) is 115 cm³/mol. The average Bonchev–Trinajstić information content (AvgIpc) is 2.73. The van der Waals surface area contributed by atoms with Gasteiger partial charge in [-0.25, -0.2) is 8.42 Å². The Balaban J connectivity index is 1.94. The molecule has 0 aromatic heterocycles. The molecule has 9 heteroatoms. The van der Waals surface area contributed by atoms with Gasteiger partial charge in [-0.2, -0.15) is 5.10 Å². The van der Waals surface area contributed by atoms with Crippen molar-refractivity contribution in [3.05, 3.63) is 94.5 Å². The van der Waals surface area contributed by atoms with Crippen molar-refractivity contribution >= 4 is 37.3 Å². The summed E-state index contributed by atoms with van der Waals surface area (Å²) in [5, 5.41) is 14.9. The normalized spacial score (nSPS) is 11.8. The van der Waals surface area contributed by atoms with Crippen LogP contribution in [-0.4, -0.2) is 17.7 Å². The molecule has 0 fully saturated rings. The van der Waals surface area contributed by atoms with Gasteiger partial charge in [-0.05, 0) is 43.3 Å². The number of anilines is 1. The number of rotatable bonds is 5. The quantitative estimate of drug-likeness (QED) is 0.205. The molecule has 0 saturated heterocycles. The van der Waals surface area contributed by atoms with Crippen LogP contribution in [0.3, 0.4) is 0 Å². The van der Waals surface area contributed by atoms with Crippen LogP contribution in [0.2, 0.25) is 0 Å².